The van der Waals surface area contributed by atoms with E-state index in [4.69, 9.17) is 9.97 Å². The molecular weight excluding hydrogens is 777 g/mol. The molecular formula is C49H74N10O3. The molecule has 4 aromatic rings. The Kier molecular flexibility index (Phi) is 17.4. The summed E-state index contributed by atoms with van der Waals surface area (Å²) < 4.78 is 2.13. The summed E-state index contributed by atoms with van der Waals surface area (Å²) in [5.41, 5.74) is 5.17. The maximum absolute atomic E-state index is 13.1. The van der Waals surface area contributed by atoms with E-state index in [1.165, 1.54) is 17.7 Å². The average molecular weight is 851 g/mol. The fourth-order valence-electron chi connectivity index (χ4n) is 9.03. The molecule has 1 aliphatic carbocycles. The van der Waals surface area contributed by atoms with Gasteiger partial charge in [-0.25, -0.2) is 9.97 Å². The van der Waals surface area contributed by atoms with Gasteiger partial charge in [-0.05, 0) is 86.4 Å². The van der Waals surface area contributed by atoms with Gasteiger partial charge in [0.1, 0.15) is 17.2 Å². The largest absolute Gasteiger partial charge is 0.371 e. The number of amides is 3. The molecule has 0 bridgehead atoms. The van der Waals surface area contributed by atoms with Crippen molar-refractivity contribution in [1.82, 2.24) is 40.0 Å². The zero-order valence-electron chi connectivity index (χ0n) is 39.3. The molecule has 2 unspecified atom stereocenters. The molecule has 1 spiro atoms. The zero-order valence-corrected chi connectivity index (χ0v) is 39.3. The van der Waals surface area contributed by atoms with Crippen molar-refractivity contribution >= 4 is 46.2 Å². The summed E-state index contributed by atoms with van der Waals surface area (Å²) in [7, 11) is 3.57. The van der Waals surface area contributed by atoms with Gasteiger partial charge in [0.15, 0.2) is 0 Å². The van der Waals surface area contributed by atoms with Crippen molar-refractivity contribution in [1.29, 1.82) is 0 Å². The lowest BCUT2D eigenvalue weighted by Gasteiger charge is -2.56. The van der Waals surface area contributed by atoms with Gasteiger partial charge >= 0.3 is 0 Å². The van der Waals surface area contributed by atoms with Crippen LogP contribution in [0.5, 0.6) is 0 Å². The maximum atomic E-state index is 13.1. The summed E-state index contributed by atoms with van der Waals surface area (Å²) in [6, 6.07) is 15.6. The van der Waals surface area contributed by atoms with Crippen LogP contribution in [0.2, 0.25) is 0 Å². The SMILES string of the molecule is CC.CC(c1ccc(Nc2ncc3cc(C(=O)N(C)C)n(C4CCCC4)c3n2)nc1)N1CC2(CCN(c3ccc(C4CCC(=O)NC4=O)cc3)CC2)C1.CCC.CCNC(C)C. The Morgan fingerprint density at radius 3 is 2.13 bits per heavy atom. The van der Waals surface area contributed by atoms with E-state index in [-0.39, 0.29) is 35.7 Å². The Morgan fingerprint density at radius 2 is 1.58 bits per heavy atom. The van der Waals surface area contributed by atoms with Crippen LogP contribution in [0.25, 0.3) is 11.0 Å². The quantitative estimate of drug-likeness (QED) is 0.133. The number of nitrogens with zero attached hydrogens (tertiary/aromatic N) is 7. The number of rotatable bonds is 10. The number of imide groups is 1. The second-order valence-electron chi connectivity index (χ2n) is 17.7. The van der Waals surface area contributed by atoms with Crippen molar-refractivity contribution in [2.75, 3.05) is 57.0 Å². The number of hydrogen-bond acceptors (Lipinski definition) is 10. The summed E-state index contributed by atoms with van der Waals surface area (Å²) in [5.74, 6) is 0.531. The number of hydrogen-bond donors (Lipinski definition) is 3. The predicted molar refractivity (Wildman–Crippen MR) is 252 cm³/mol. The number of nitrogens with one attached hydrogen (secondary N) is 3. The minimum Gasteiger partial charge on any atom is -0.371 e. The van der Waals surface area contributed by atoms with Crippen LogP contribution >= 0.6 is 0 Å². The zero-order chi connectivity index (χ0) is 45.0. The molecule has 3 saturated heterocycles. The van der Waals surface area contributed by atoms with Crippen LogP contribution in [0.3, 0.4) is 0 Å². The van der Waals surface area contributed by atoms with E-state index in [9.17, 15) is 14.4 Å². The van der Waals surface area contributed by atoms with Gasteiger partial charge in [-0.15, -0.1) is 0 Å². The van der Waals surface area contributed by atoms with E-state index in [0.29, 0.717) is 41.8 Å². The number of carbonyl (C=O) groups is 3. The number of likely N-dealkylation sites (tertiary alicyclic amines) is 1. The van der Waals surface area contributed by atoms with Gasteiger partial charge in [-0.1, -0.05) is 85.9 Å². The van der Waals surface area contributed by atoms with Gasteiger partial charge in [-0.2, -0.15) is 4.98 Å². The number of benzene rings is 1. The smallest absolute Gasteiger partial charge is 0.270 e. The molecule has 13 nitrogen and oxygen atoms in total. The first kappa shape index (κ1) is 48.2. The molecule has 13 heteroatoms. The topological polar surface area (TPSA) is 141 Å². The highest BCUT2D eigenvalue weighted by Gasteiger charge is 2.46. The van der Waals surface area contributed by atoms with Crippen molar-refractivity contribution in [3.8, 4) is 0 Å². The molecule has 3 aliphatic heterocycles. The van der Waals surface area contributed by atoms with Gasteiger partial charge in [0.05, 0.1) is 5.92 Å². The van der Waals surface area contributed by atoms with Crippen LogP contribution in [0.15, 0.2) is 54.9 Å². The Bertz CT molecular complexity index is 2040. The molecule has 62 heavy (non-hydrogen) atoms. The van der Waals surface area contributed by atoms with Crippen molar-refractivity contribution in [3.05, 3.63) is 71.7 Å². The van der Waals surface area contributed by atoms with E-state index in [0.717, 1.165) is 87.8 Å². The first-order valence-electron chi connectivity index (χ1n) is 23.3. The third kappa shape index (κ3) is 11.8. The number of anilines is 3. The highest BCUT2D eigenvalue weighted by atomic mass is 16.2. The Balaban J connectivity index is 0.000000595. The summed E-state index contributed by atoms with van der Waals surface area (Å²) >= 11 is 0. The first-order valence-corrected chi connectivity index (χ1v) is 23.3. The fourth-order valence-corrected chi connectivity index (χ4v) is 9.03. The molecule has 6 heterocycles. The average Bonchev–Trinajstić information content (AvgIpc) is 3.92. The number of carbonyl (C=O) groups excluding carboxylic acids is 3. The number of aromatic nitrogens is 4. The van der Waals surface area contributed by atoms with Crippen molar-refractivity contribution in [2.24, 2.45) is 5.41 Å². The highest BCUT2D eigenvalue weighted by molar-refractivity contribution is 6.01. The summed E-state index contributed by atoms with van der Waals surface area (Å²) in [4.78, 5) is 57.7. The molecule has 2 atom stereocenters. The Morgan fingerprint density at radius 1 is 0.919 bits per heavy atom. The van der Waals surface area contributed by atoms with Gasteiger partial charge in [0.25, 0.3) is 5.91 Å². The second-order valence-corrected chi connectivity index (χ2v) is 17.7. The third-order valence-corrected chi connectivity index (χ3v) is 12.4. The first-order chi connectivity index (χ1) is 29.8. The number of pyridine rings is 1. The molecule has 1 saturated carbocycles. The van der Waals surface area contributed by atoms with E-state index in [2.05, 4.69) is 95.0 Å². The van der Waals surface area contributed by atoms with Crippen LogP contribution in [-0.4, -0.2) is 99.9 Å². The number of fused-ring (bicyclic) bond motifs is 1. The molecule has 4 fully saturated rings. The highest BCUT2D eigenvalue weighted by Crippen LogP contribution is 2.45. The van der Waals surface area contributed by atoms with Crippen LogP contribution in [0, 0.1) is 5.41 Å². The Labute approximate surface area is 370 Å². The second kappa shape index (κ2) is 22.5. The van der Waals surface area contributed by atoms with Crippen molar-refractivity contribution in [2.45, 2.75) is 137 Å². The summed E-state index contributed by atoms with van der Waals surface area (Å²) in [5, 5.41) is 9.84. The van der Waals surface area contributed by atoms with E-state index >= 15 is 0 Å². The van der Waals surface area contributed by atoms with Crippen LogP contribution in [0.4, 0.5) is 17.5 Å². The van der Waals surface area contributed by atoms with Gasteiger partial charge in [0.2, 0.25) is 17.8 Å². The maximum Gasteiger partial charge on any atom is 0.270 e. The molecule has 1 aromatic carbocycles. The van der Waals surface area contributed by atoms with Crippen molar-refractivity contribution < 1.29 is 14.4 Å². The van der Waals surface area contributed by atoms with Gasteiger partial charge in [-0.3, -0.25) is 24.6 Å². The standard InChI is InChI=1S/C39H47N9O3.C5H13N.C3H8.C2H6/c1-25(47-23-39(24-47)16-18-46(19-17-39)29-11-8-26(9-12-29)31-13-15-34(49)43-36(31)50)27-10-14-33(40-21-27)42-38-41-22-28-20-32(37(51)45(2)3)48(35(28)44-38)30-6-4-5-7-30;1-4-6-5(2)3;1-3-2;1-2/h8-12,14,20-22,25,30-31H,4-7,13,15-19,23-24H2,1-3H3,(H,43,49,50)(H,40,41,42,44);5-6H,4H2,1-3H3;3H2,1-2H3;1-2H3. The van der Waals surface area contributed by atoms with E-state index < -0.39 is 0 Å². The van der Waals surface area contributed by atoms with Crippen LogP contribution < -0.4 is 20.9 Å². The summed E-state index contributed by atoms with van der Waals surface area (Å²) in [6.45, 7) is 22.2. The molecule has 8 rings (SSSR count). The molecule has 3 amide bonds. The van der Waals surface area contributed by atoms with Gasteiger partial charge < -0.3 is 25.0 Å². The third-order valence-electron chi connectivity index (χ3n) is 12.4. The molecule has 3 N–H and O–H groups in total. The lowest BCUT2D eigenvalue weighted by atomic mass is 9.71. The lowest BCUT2D eigenvalue weighted by molar-refractivity contribution is -0.134. The fraction of sp³-hybridized carbons (Fsp3) is 0.592. The molecule has 338 valence electrons. The van der Waals surface area contributed by atoms with Crippen LogP contribution in [0.1, 0.15) is 153 Å². The molecule has 0 radical (unpaired) electrons. The summed E-state index contributed by atoms with van der Waals surface area (Å²) in [6.07, 6.45) is 12.7. The monoisotopic (exact) mass is 851 g/mol. The molecule has 3 aromatic heterocycles. The minimum atomic E-state index is -0.244. The predicted octanol–water partition coefficient (Wildman–Crippen LogP) is 9.02. The van der Waals surface area contributed by atoms with E-state index in [1.54, 1.807) is 25.2 Å². The van der Waals surface area contributed by atoms with E-state index in [1.807, 2.05) is 44.3 Å². The minimum absolute atomic E-state index is 0.0185. The lowest BCUT2D eigenvalue weighted by Crippen LogP contribution is -2.60. The van der Waals surface area contributed by atoms with Gasteiger partial charge in [0, 0.05) is 88.3 Å². The molecule has 4 aliphatic rings. The normalized spacial score (nSPS) is 19.0. The number of piperidine rings is 2. The Hall–Kier alpha value is -4.88. The van der Waals surface area contributed by atoms with Crippen molar-refractivity contribution in [3.63, 3.8) is 0 Å². The van der Waals surface area contributed by atoms with Crippen LogP contribution in [-0.2, 0) is 9.59 Å².